The van der Waals surface area contributed by atoms with E-state index < -0.39 is 17.8 Å². The second kappa shape index (κ2) is 10.2. The number of carbonyl (C=O) groups excluding carboxylic acids is 1. The van der Waals surface area contributed by atoms with E-state index in [9.17, 15) is 18.0 Å². The maximum absolute atomic E-state index is 13.3. The fourth-order valence-corrected chi connectivity index (χ4v) is 3.67. The lowest BCUT2D eigenvalue weighted by molar-refractivity contribution is -0.141. The molecule has 1 N–H and O–H groups in total. The van der Waals surface area contributed by atoms with E-state index in [1.807, 2.05) is 0 Å². The zero-order valence-corrected chi connectivity index (χ0v) is 19.9. The number of nitrogens with zero attached hydrogens (tertiary/aromatic N) is 4. The van der Waals surface area contributed by atoms with E-state index in [1.54, 1.807) is 55.5 Å². The smallest absolute Gasteiger partial charge is 0.435 e. The summed E-state index contributed by atoms with van der Waals surface area (Å²) in [4.78, 5) is 20.5. The molecule has 2 aromatic heterocycles. The Labute approximate surface area is 214 Å². The van der Waals surface area contributed by atoms with Gasteiger partial charge in [-0.15, -0.1) is 0 Å². The van der Waals surface area contributed by atoms with Crippen molar-refractivity contribution in [3.63, 3.8) is 0 Å². The molecule has 0 radical (unpaired) electrons. The standard InChI is InChI=1S/C26H20F3N5O4/c1-2-36-23(35)9-6-16-4-3-5-17(12-16)19-14-30-25(31-18-7-8-20-21(13-18)38-15-37-20)32-24(19)34-11-10-22(33-34)26(27,28)29/h3-14H,2,15H2,1H3,(H,30,31,32). The summed E-state index contributed by atoms with van der Waals surface area (Å²) in [5.74, 6) is 0.898. The maximum Gasteiger partial charge on any atom is 0.435 e. The van der Waals surface area contributed by atoms with Crippen molar-refractivity contribution in [3.05, 3.63) is 78.3 Å². The highest BCUT2D eigenvalue weighted by molar-refractivity contribution is 5.87. The molecule has 0 atom stereocenters. The average Bonchev–Trinajstić information content (AvgIpc) is 3.58. The molecule has 0 aliphatic carbocycles. The summed E-state index contributed by atoms with van der Waals surface area (Å²) in [5, 5.41) is 6.73. The molecule has 0 bridgehead atoms. The highest BCUT2D eigenvalue weighted by Gasteiger charge is 2.34. The number of fused-ring (bicyclic) bond motifs is 1. The predicted molar refractivity (Wildman–Crippen MR) is 131 cm³/mol. The molecule has 5 rings (SSSR count). The van der Waals surface area contributed by atoms with Gasteiger partial charge in [0.05, 0.1) is 6.61 Å². The van der Waals surface area contributed by atoms with E-state index in [0.717, 1.165) is 10.7 Å². The van der Waals surface area contributed by atoms with Gasteiger partial charge in [-0.2, -0.15) is 23.3 Å². The van der Waals surface area contributed by atoms with Gasteiger partial charge in [0, 0.05) is 35.8 Å². The van der Waals surface area contributed by atoms with Crippen LogP contribution in [0.1, 0.15) is 18.2 Å². The van der Waals surface area contributed by atoms with E-state index in [0.29, 0.717) is 33.9 Å². The average molecular weight is 523 g/mol. The lowest BCUT2D eigenvalue weighted by Gasteiger charge is -2.12. The van der Waals surface area contributed by atoms with Crippen LogP contribution in [0.15, 0.2) is 67.0 Å². The van der Waals surface area contributed by atoms with E-state index >= 15 is 0 Å². The highest BCUT2D eigenvalue weighted by atomic mass is 19.4. The first-order chi connectivity index (χ1) is 18.3. The van der Waals surface area contributed by atoms with Crippen LogP contribution in [0.5, 0.6) is 11.5 Å². The van der Waals surface area contributed by atoms with Crippen LogP contribution in [0.3, 0.4) is 0 Å². The summed E-state index contributed by atoms with van der Waals surface area (Å²) in [7, 11) is 0. The quantitative estimate of drug-likeness (QED) is 0.254. The number of aromatic nitrogens is 4. The first kappa shape index (κ1) is 24.8. The molecule has 0 spiro atoms. The van der Waals surface area contributed by atoms with Crippen LogP contribution in [0.2, 0.25) is 0 Å². The Morgan fingerprint density at radius 2 is 2.00 bits per heavy atom. The van der Waals surface area contributed by atoms with Gasteiger partial charge in [-0.3, -0.25) is 0 Å². The van der Waals surface area contributed by atoms with E-state index in [2.05, 4.69) is 20.4 Å². The molecular weight excluding hydrogens is 503 g/mol. The summed E-state index contributed by atoms with van der Waals surface area (Å²) in [6.07, 6.45) is 0.920. The minimum atomic E-state index is -4.62. The molecule has 38 heavy (non-hydrogen) atoms. The van der Waals surface area contributed by atoms with Gasteiger partial charge in [-0.25, -0.2) is 14.5 Å². The van der Waals surface area contributed by atoms with Crippen LogP contribution >= 0.6 is 0 Å². The third kappa shape index (κ3) is 5.43. The molecule has 1 aliphatic heterocycles. The van der Waals surface area contributed by atoms with Crippen LogP contribution in [-0.4, -0.2) is 39.1 Å². The summed E-state index contributed by atoms with van der Waals surface area (Å²) < 4.78 is 56.5. The van der Waals surface area contributed by atoms with Crippen LogP contribution < -0.4 is 14.8 Å². The molecule has 0 saturated carbocycles. The van der Waals surface area contributed by atoms with Gasteiger partial charge in [0.15, 0.2) is 23.0 Å². The van der Waals surface area contributed by atoms with Gasteiger partial charge in [0.2, 0.25) is 12.7 Å². The van der Waals surface area contributed by atoms with Crippen LogP contribution in [0.4, 0.5) is 24.8 Å². The first-order valence-corrected chi connectivity index (χ1v) is 11.4. The maximum atomic E-state index is 13.3. The number of alkyl halides is 3. The molecule has 3 heterocycles. The molecule has 4 aromatic rings. The van der Waals surface area contributed by atoms with Crippen molar-refractivity contribution in [1.82, 2.24) is 19.7 Å². The fraction of sp³-hybridized carbons (Fsp3) is 0.154. The van der Waals surface area contributed by atoms with Crippen molar-refractivity contribution in [2.45, 2.75) is 13.1 Å². The summed E-state index contributed by atoms with van der Waals surface area (Å²) in [6, 6.07) is 13.0. The lowest BCUT2D eigenvalue weighted by atomic mass is 10.0. The van der Waals surface area contributed by atoms with Crippen molar-refractivity contribution in [2.75, 3.05) is 18.7 Å². The fourth-order valence-electron chi connectivity index (χ4n) is 3.67. The molecule has 0 amide bonds. The number of benzene rings is 2. The van der Waals surface area contributed by atoms with Gasteiger partial charge in [0.25, 0.3) is 0 Å². The zero-order chi connectivity index (χ0) is 26.7. The van der Waals surface area contributed by atoms with Crippen LogP contribution in [0.25, 0.3) is 23.0 Å². The summed E-state index contributed by atoms with van der Waals surface area (Å²) in [6.45, 7) is 2.07. The number of hydrogen-bond donors (Lipinski definition) is 1. The monoisotopic (exact) mass is 523 g/mol. The Morgan fingerprint density at radius 3 is 2.79 bits per heavy atom. The number of nitrogens with one attached hydrogen (secondary N) is 1. The number of hydrogen-bond acceptors (Lipinski definition) is 8. The molecular formula is C26H20F3N5O4. The molecule has 9 nitrogen and oxygen atoms in total. The Balaban J connectivity index is 1.53. The molecule has 194 valence electrons. The van der Waals surface area contributed by atoms with Gasteiger partial charge >= 0.3 is 12.1 Å². The number of ether oxygens (including phenoxy) is 3. The van der Waals surface area contributed by atoms with Crippen LogP contribution in [-0.2, 0) is 15.7 Å². The first-order valence-electron chi connectivity index (χ1n) is 11.4. The Bertz CT molecular complexity index is 1520. The second-order valence-corrected chi connectivity index (χ2v) is 7.98. The topological polar surface area (TPSA) is 100 Å². The Morgan fingerprint density at radius 1 is 1.16 bits per heavy atom. The number of rotatable bonds is 7. The van der Waals surface area contributed by atoms with Gasteiger partial charge in [0.1, 0.15) is 0 Å². The molecule has 0 saturated heterocycles. The van der Waals surface area contributed by atoms with Crippen molar-refractivity contribution in [1.29, 1.82) is 0 Å². The second-order valence-electron chi connectivity index (χ2n) is 7.98. The largest absolute Gasteiger partial charge is 0.463 e. The number of carbonyl (C=O) groups is 1. The number of anilines is 2. The van der Waals surface area contributed by atoms with Crippen molar-refractivity contribution < 1.29 is 32.2 Å². The molecule has 12 heteroatoms. The third-order valence-electron chi connectivity index (χ3n) is 5.39. The van der Waals surface area contributed by atoms with Crippen molar-refractivity contribution in [3.8, 4) is 28.4 Å². The lowest BCUT2D eigenvalue weighted by Crippen LogP contribution is -2.10. The Kier molecular flexibility index (Phi) is 6.69. The molecule has 0 unspecified atom stereocenters. The van der Waals surface area contributed by atoms with Crippen molar-refractivity contribution in [2.24, 2.45) is 0 Å². The van der Waals surface area contributed by atoms with E-state index in [-0.39, 0.29) is 25.2 Å². The van der Waals surface area contributed by atoms with Gasteiger partial charge in [-0.05, 0) is 48.4 Å². The zero-order valence-electron chi connectivity index (χ0n) is 19.9. The van der Waals surface area contributed by atoms with Crippen LogP contribution in [0, 0.1) is 0 Å². The molecule has 1 aliphatic rings. The molecule has 2 aromatic carbocycles. The minimum Gasteiger partial charge on any atom is -0.463 e. The predicted octanol–water partition coefficient (Wildman–Crippen LogP) is 5.40. The van der Waals surface area contributed by atoms with Crippen molar-refractivity contribution >= 4 is 23.7 Å². The Hall–Kier alpha value is -4.87. The summed E-state index contributed by atoms with van der Waals surface area (Å²) >= 11 is 0. The van der Waals surface area contributed by atoms with Gasteiger partial charge < -0.3 is 19.5 Å². The summed E-state index contributed by atoms with van der Waals surface area (Å²) in [5.41, 5.74) is 1.23. The minimum absolute atomic E-state index is 0.114. The van der Waals surface area contributed by atoms with Gasteiger partial charge in [-0.1, -0.05) is 18.2 Å². The third-order valence-corrected chi connectivity index (χ3v) is 5.39. The normalized spacial score (nSPS) is 12.6. The number of halogens is 3. The van der Waals surface area contributed by atoms with E-state index in [1.165, 1.54) is 18.5 Å². The van der Waals surface area contributed by atoms with E-state index in [4.69, 9.17) is 14.2 Å². The number of esters is 1. The molecule has 0 fully saturated rings. The highest BCUT2D eigenvalue weighted by Crippen LogP contribution is 2.35. The SMILES string of the molecule is CCOC(=O)C=Cc1cccc(-c2cnc(Nc3ccc4c(c3)OCO4)nc2-n2ccc(C(F)(F)F)n2)c1.